The first-order chi connectivity index (χ1) is 10.8. The number of carbonyl (C=O) groups is 2. The highest BCUT2D eigenvalue weighted by molar-refractivity contribution is 6.07. The average Bonchev–Trinajstić information content (AvgIpc) is 2.94. The van der Waals surface area contributed by atoms with Crippen LogP contribution in [0.5, 0.6) is 0 Å². The van der Waals surface area contributed by atoms with Crippen molar-refractivity contribution >= 4 is 17.5 Å². The van der Waals surface area contributed by atoms with Gasteiger partial charge < -0.3 is 4.90 Å². The average molecular weight is 292 g/mol. The maximum absolute atomic E-state index is 13.0. The van der Waals surface area contributed by atoms with Gasteiger partial charge in [0.15, 0.2) is 0 Å². The van der Waals surface area contributed by atoms with Gasteiger partial charge in [-0.25, -0.2) is 0 Å². The Kier molecular flexibility index (Phi) is 2.96. The zero-order chi connectivity index (χ0) is 15.1. The molecule has 0 unspecified atom stereocenters. The summed E-state index contributed by atoms with van der Waals surface area (Å²) in [6.07, 6.45) is 1.05. The zero-order valence-electron chi connectivity index (χ0n) is 12.1. The molecule has 0 N–H and O–H groups in total. The highest BCUT2D eigenvalue weighted by atomic mass is 16.2. The summed E-state index contributed by atoms with van der Waals surface area (Å²) in [5, 5.41) is 0. The summed E-state index contributed by atoms with van der Waals surface area (Å²) in [6.45, 7) is 0.595. The third-order valence-corrected chi connectivity index (χ3v) is 4.43. The van der Waals surface area contributed by atoms with Crippen LogP contribution >= 0.6 is 0 Å². The van der Waals surface area contributed by atoms with E-state index in [4.69, 9.17) is 0 Å². The number of fused-ring (bicyclic) bond motifs is 2. The predicted molar refractivity (Wildman–Crippen MR) is 83.3 cm³/mol. The van der Waals surface area contributed by atoms with Crippen LogP contribution in [0.1, 0.15) is 28.8 Å². The molecule has 0 saturated carbocycles. The van der Waals surface area contributed by atoms with Gasteiger partial charge in [0.1, 0.15) is 6.17 Å². The van der Waals surface area contributed by atoms with E-state index in [-0.39, 0.29) is 18.0 Å². The summed E-state index contributed by atoms with van der Waals surface area (Å²) in [4.78, 5) is 28.7. The van der Waals surface area contributed by atoms with Crippen LogP contribution in [-0.2, 0) is 11.3 Å². The first-order valence-electron chi connectivity index (χ1n) is 7.52. The molecule has 2 heterocycles. The van der Waals surface area contributed by atoms with Crippen LogP contribution in [-0.4, -0.2) is 22.9 Å². The molecule has 2 aromatic rings. The van der Waals surface area contributed by atoms with Gasteiger partial charge in [-0.2, -0.15) is 0 Å². The van der Waals surface area contributed by atoms with E-state index in [1.807, 2.05) is 59.5 Å². The topological polar surface area (TPSA) is 40.6 Å². The van der Waals surface area contributed by atoms with E-state index in [1.165, 1.54) is 0 Å². The van der Waals surface area contributed by atoms with Crippen molar-refractivity contribution in [2.24, 2.45) is 0 Å². The quantitative estimate of drug-likeness (QED) is 0.811. The first-order valence-corrected chi connectivity index (χ1v) is 7.52. The molecule has 0 bridgehead atoms. The number of para-hydroxylation sites is 1. The number of anilines is 1. The van der Waals surface area contributed by atoms with Gasteiger partial charge in [0.05, 0.1) is 5.69 Å². The number of hydrogen-bond donors (Lipinski definition) is 0. The number of amides is 2. The monoisotopic (exact) mass is 292 g/mol. The third kappa shape index (κ3) is 1.91. The molecule has 2 aliphatic rings. The molecule has 0 radical (unpaired) electrons. The third-order valence-electron chi connectivity index (χ3n) is 4.43. The maximum Gasteiger partial charge on any atom is 0.259 e. The normalized spacial score (nSPS) is 19.8. The molecule has 2 aliphatic heterocycles. The zero-order valence-corrected chi connectivity index (χ0v) is 12.1. The fraction of sp³-hybridized carbons (Fsp3) is 0.222. The summed E-state index contributed by atoms with van der Waals surface area (Å²) >= 11 is 0. The summed E-state index contributed by atoms with van der Waals surface area (Å²) < 4.78 is 0. The second-order valence-electron chi connectivity index (χ2n) is 5.71. The van der Waals surface area contributed by atoms with Crippen LogP contribution < -0.4 is 4.90 Å². The lowest BCUT2D eigenvalue weighted by Gasteiger charge is -2.41. The molecule has 1 saturated heterocycles. The lowest BCUT2D eigenvalue weighted by atomic mass is 10.0. The molecule has 1 atom stereocenters. The molecule has 22 heavy (non-hydrogen) atoms. The molecular weight excluding hydrogens is 276 g/mol. The highest BCUT2D eigenvalue weighted by Crippen LogP contribution is 2.37. The molecule has 2 aromatic carbocycles. The van der Waals surface area contributed by atoms with Crippen LogP contribution in [0.3, 0.4) is 0 Å². The Hall–Kier alpha value is -2.62. The first kappa shape index (κ1) is 13.1. The van der Waals surface area contributed by atoms with Crippen LogP contribution in [0.4, 0.5) is 5.69 Å². The van der Waals surface area contributed by atoms with Crippen molar-refractivity contribution in [3.05, 3.63) is 65.7 Å². The second-order valence-corrected chi connectivity index (χ2v) is 5.71. The Balaban J connectivity index is 1.82. The summed E-state index contributed by atoms with van der Waals surface area (Å²) in [5.41, 5.74) is 2.60. The SMILES string of the molecule is O=C1CC[C@@H]2N1Cc1ccccc1N2C(=O)c1ccccc1. The van der Waals surface area contributed by atoms with E-state index in [0.29, 0.717) is 24.9 Å². The number of benzene rings is 2. The van der Waals surface area contributed by atoms with Gasteiger partial charge in [0, 0.05) is 18.5 Å². The number of rotatable bonds is 1. The molecule has 4 heteroatoms. The van der Waals surface area contributed by atoms with Gasteiger partial charge in [-0.3, -0.25) is 14.5 Å². The largest absolute Gasteiger partial charge is 0.317 e. The Morgan fingerprint density at radius 1 is 1.00 bits per heavy atom. The van der Waals surface area contributed by atoms with Crippen LogP contribution in [0, 0.1) is 0 Å². The van der Waals surface area contributed by atoms with Crippen LogP contribution in [0.15, 0.2) is 54.6 Å². The molecule has 4 nitrogen and oxygen atoms in total. The number of carbonyl (C=O) groups excluding carboxylic acids is 2. The fourth-order valence-electron chi connectivity index (χ4n) is 3.37. The van der Waals surface area contributed by atoms with E-state index in [1.54, 1.807) is 4.90 Å². The van der Waals surface area contributed by atoms with Crippen molar-refractivity contribution in [1.82, 2.24) is 4.90 Å². The Morgan fingerprint density at radius 2 is 1.73 bits per heavy atom. The summed E-state index contributed by atoms with van der Waals surface area (Å²) in [6, 6.07) is 17.1. The van der Waals surface area contributed by atoms with E-state index < -0.39 is 0 Å². The summed E-state index contributed by atoms with van der Waals surface area (Å²) in [7, 11) is 0. The molecule has 110 valence electrons. The lowest BCUT2D eigenvalue weighted by molar-refractivity contribution is -0.129. The Bertz CT molecular complexity index is 742. The predicted octanol–water partition coefficient (Wildman–Crippen LogP) is 2.80. The van der Waals surface area contributed by atoms with Crippen LogP contribution in [0.2, 0.25) is 0 Å². The van der Waals surface area contributed by atoms with Gasteiger partial charge in [-0.1, -0.05) is 36.4 Å². The molecular formula is C18H16N2O2. The Morgan fingerprint density at radius 3 is 2.55 bits per heavy atom. The minimum Gasteiger partial charge on any atom is -0.317 e. The number of hydrogen-bond acceptors (Lipinski definition) is 2. The highest BCUT2D eigenvalue weighted by Gasteiger charge is 2.42. The van der Waals surface area contributed by atoms with E-state index in [9.17, 15) is 9.59 Å². The smallest absolute Gasteiger partial charge is 0.259 e. The van der Waals surface area contributed by atoms with Gasteiger partial charge in [0.25, 0.3) is 5.91 Å². The van der Waals surface area contributed by atoms with E-state index in [2.05, 4.69) is 0 Å². The van der Waals surface area contributed by atoms with E-state index in [0.717, 1.165) is 11.3 Å². The van der Waals surface area contributed by atoms with Crippen molar-refractivity contribution in [1.29, 1.82) is 0 Å². The molecule has 0 aromatic heterocycles. The second kappa shape index (κ2) is 4.98. The van der Waals surface area contributed by atoms with Gasteiger partial charge in [0.2, 0.25) is 5.91 Å². The van der Waals surface area contributed by atoms with Gasteiger partial charge >= 0.3 is 0 Å². The van der Waals surface area contributed by atoms with Crippen molar-refractivity contribution in [2.75, 3.05) is 4.90 Å². The molecule has 0 spiro atoms. The number of nitrogens with zero attached hydrogens (tertiary/aromatic N) is 2. The van der Waals surface area contributed by atoms with Crippen molar-refractivity contribution in [3.8, 4) is 0 Å². The van der Waals surface area contributed by atoms with Crippen molar-refractivity contribution in [3.63, 3.8) is 0 Å². The molecule has 4 rings (SSSR count). The van der Waals surface area contributed by atoms with E-state index >= 15 is 0 Å². The summed E-state index contributed by atoms with van der Waals surface area (Å²) in [5.74, 6) is 0.0859. The minimum atomic E-state index is -0.157. The molecule has 2 amide bonds. The fourth-order valence-corrected chi connectivity index (χ4v) is 3.37. The molecule has 1 fully saturated rings. The van der Waals surface area contributed by atoms with Gasteiger partial charge in [-0.15, -0.1) is 0 Å². The van der Waals surface area contributed by atoms with Crippen LogP contribution in [0.25, 0.3) is 0 Å². The van der Waals surface area contributed by atoms with Crippen molar-refractivity contribution in [2.45, 2.75) is 25.6 Å². The van der Waals surface area contributed by atoms with Gasteiger partial charge in [-0.05, 0) is 30.2 Å². The maximum atomic E-state index is 13.0. The van der Waals surface area contributed by atoms with Crippen molar-refractivity contribution < 1.29 is 9.59 Å². The lowest BCUT2D eigenvalue weighted by Crippen LogP contribution is -2.52. The molecule has 0 aliphatic carbocycles. The Labute approximate surface area is 129 Å². The standard InChI is InChI=1S/C18H16N2O2/c21-17-11-10-16-19(17)12-14-8-4-5-9-15(14)20(16)18(22)13-6-2-1-3-7-13/h1-9,16H,10-12H2/t16-/m1/s1. The minimum absolute atomic E-state index is 0.0440.